The summed E-state index contributed by atoms with van der Waals surface area (Å²) in [6.45, 7) is 3.44. The van der Waals surface area contributed by atoms with Gasteiger partial charge >= 0.3 is 0 Å². The first-order valence-electron chi connectivity index (χ1n) is 8.76. The van der Waals surface area contributed by atoms with Gasteiger partial charge in [-0.25, -0.2) is 0 Å². The van der Waals surface area contributed by atoms with Crippen LogP contribution in [0, 0.1) is 0 Å². The Hall–Kier alpha value is -2.38. The molecule has 1 amide bonds. The third kappa shape index (κ3) is 6.37. The molecule has 140 valence electrons. The molecule has 0 saturated heterocycles. The molecule has 0 bridgehead atoms. The lowest BCUT2D eigenvalue weighted by Gasteiger charge is -2.12. The average Bonchev–Trinajstić information content (AvgIpc) is 3.18. The third-order valence-corrected chi connectivity index (χ3v) is 6.01. The Morgan fingerprint density at radius 3 is 2.52 bits per heavy atom. The first-order chi connectivity index (χ1) is 13.2. The summed E-state index contributed by atoms with van der Waals surface area (Å²) in [5.74, 6) is 0.640. The molecule has 1 atom stereocenters. The van der Waals surface area contributed by atoms with E-state index in [9.17, 15) is 4.79 Å². The van der Waals surface area contributed by atoms with Gasteiger partial charge in [-0.2, -0.15) is 0 Å². The molecule has 5 nitrogen and oxygen atoms in total. The van der Waals surface area contributed by atoms with Gasteiger partial charge < -0.3 is 10.6 Å². The number of rotatable bonds is 9. The number of amides is 1. The zero-order valence-corrected chi connectivity index (χ0v) is 16.7. The Bertz CT molecular complexity index is 839. The molecule has 0 fully saturated rings. The van der Waals surface area contributed by atoms with E-state index in [1.54, 1.807) is 0 Å². The Balaban J connectivity index is 1.38. The molecule has 3 rings (SSSR count). The van der Waals surface area contributed by atoms with Gasteiger partial charge in [0.15, 0.2) is 4.34 Å². The SMILES string of the molecule is C[C@@H](CNC(=O)CSc1nnc(NCc2ccccc2)s1)c1ccccc1. The standard InChI is InChI=1S/C20H22N4OS2/c1-15(17-10-6-3-7-11-17)12-21-18(25)14-26-20-24-23-19(27-20)22-13-16-8-4-2-5-9-16/h2-11,15H,12-14H2,1H3,(H,21,25)(H,22,23)/t15-/m0/s1. The van der Waals surface area contributed by atoms with Crippen molar-refractivity contribution in [2.75, 3.05) is 17.6 Å². The third-order valence-electron chi connectivity index (χ3n) is 3.99. The topological polar surface area (TPSA) is 66.9 Å². The summed E-state index contributed by atoms with van der Waals surface area (Å²) >= 11 is 2.88. The Morgan fingerprint density at radius 2 is 1.78 bits per heavy atom. The summed E-state index contributed by atoms with van der Waals surface area (Å²) in [5.41, 5.74) is 2.41. The van der Waals surface area contributed by atoms with Crippen LogP contribution in [0.3, 0.4) is 0 Å². The van der Waals surface area contributed by atoms with E-state index < -0.39 is 0 Å². The van der Waals surface area contributed by atoms with Gasteiger partial charge in [0.05, 0.1) is 5.75 Å². The van der Waals surface area contributed by atoms with Crippen molar-refractivity contribution in [2.24, 2.45) is 0 Å². The zero-order chi connectivity index (χ0) is 18.9. The molecule has 3 aromatic rings. The normalized spacial score (nSPS) is 11.7. The summed E-state index contributed by atoms with van der Waals surface area (Å²) in [6.07, 6.45) is 0. The number of hydrogen-bond acceptors (Lipinski definition) is 6. The average molecular weight is 399 g/mol. The number of nitrogens with zero attached hydrogens (tertiary/aromatic N) is 2. The molecule has 0 aliphatic rings. The fraction of sp³-hybridized carbons (Fsp3) is 0.250. The highest BCUT2D eigenvalue weighted by Crippen LogP contribution is 2.25. The molecule has 7 heteroatoms. The monoisotopic (exact) mass is 398 g/mol. The summed E-state index contributed by atoms with van der Waals surface area (Å²) in [7, 11) is 0. The molecule has 2 N–H and O–H groups in total. The number of anilines is 1. The van der Waals surface area contributed by atoms with Crippen molar-refractivity contribution in [3.63, 3.8) is 0 Å². The predicted octanol–water partition coefficient (Wildman–Crippen LogP) is 4.16. The van der Waals surface area contributed by atoms with Crippen molar-refractivity contribution in [3.05, 3.63) is 71.8 Å². The number of carbonyl (C=O) groups is 1. The molecule has 0 unspecified atom stereocenters. The van der Waals surface area contributed by atoms with Gasteiger partial charge in [0.1, 0.15) is 0 Å². The van der Waals surface area contributed by atoms with Gasteiger partial charge in [-0.15, -0.1) is 10.2 Å². The minimum Gasteiger partial charge on any atom is -0.356 e. The molecule has 1 aromatic heterocycles. The summed E-state index contributed by atoms with van der Waals surface area (Å²) in [5, 5.41) is 15.3. The summed E-state index contributed by atoms with van der Waals surface area (Å²) in [4.78, 5) is 12.1. The minimum atomic E-state index is 0.0109. The number of benzene rings is 2. The lowest BCUT2D eigenvalue weighted by atomic mass is 10.0. The second-order valence-electron chi connectivity index (χ2n) is 6.12. The van der Waals surface area contributed by atoms with Crippen LogP contribution in [-0.4, -0.2) is 28.4 Å². The first-order valence-corrected chi connectivity index (χ1v) is 10.6. The van der Waals surface area contributed by atoms with Gasteiger partial charge in [-0.3, -0.25) is 4.79 Å². The van der Waals surface area contributed by atoms with Crippen molar-refractivity contribution in [1.82, 2.24) is 15.5 Å². The van der Waals surface area contributed by atoms with Crippen molar-refractivity contribution < 1.29 is 4.79 Å². The highest BCUT2D eigenvalue weighted by molar-refractivity contribution is 8.01. The van der Waals surface area contributed by atoms with Crippen LogP contribution in [0.2, 0.25) is 0 Å². The number of carbonyl (C=O) groups excluding carboxylic acids is 1. The van der Waals surface area contributed by atoms with Crippen LogP contribution in [0.4, 0.5) is 5.13 Å². The maximum Gasteiger partial charge on any atom is 0.230 e. The zero-order valence-electron chi connectivity index (χ0n) is 15.1. The molecule has 2 aromatic carbocycles. The van der Waals surface area contributed by atoms with Crippen LogP contribution in [0.1, 0.15) is 24.0 Å². The van der Waals surface area contributed by atoms with E-state index in [-0.39, 0.29) is 11.8 Å². The first kappa shape index (κ1) is 19.4. The van der Waals surface area contributed by atoms with E-state index in [1.807, 2.05) is 36.4 Å². The van der Waals surface area contributed by atoms with Gasteiger partial charge in [0, 0.05) is 13.1 Å². The molecular weight excluding hydrogens is 376 g/mol. The van der Waals surface area contributed by atoms with E-state index in [1.165, 1.54) is 34.2 Å². The fourth-order valence-corrected chi connectivity index (χ4v) is 4.04. The van der Waals surface area contributed by atoms with E-state index in [4.69, 9.17) is 0 Å². The molecule has 0 saturated carbocycles. The molecule has 0 aliphatic heterocycles. The molecule has 0 aliphatic carbocycles. The number of aromatic nitrogens is 2. The number of nitrogens with one attached hydrogen (secondary N) is 2. The Kier molecular flexibility index (Phi) is 7.24. The van der Waals surface area contributed by atoms with Gasteiger partial charge in [0.25, 0.3) is 0 Å². The van der Waals surface area contributed by atoms with Crippen molar-refractivity contribution in [1.29, 1.82) is 0 Å². The van der Waals surface area contributed by atoms with Gasteiger partial charge in [-0.05, 0) is 17.0 Å². The van der Waals surface area contributed by atoms with E-state index >= 15 is 0 Å². The fourth-order valence-electron chi connectivity index (χ4n) is 2.46. The Morgan fingerprint density at radius 1 is 1.07 bits per heavy atom. The lowest BCUT2D eigenvalue weighted by molar-refractivity contribution is -0.118. The quantitative estimate of drug-likeness (QED) is 0.530. The highest BCUT2D eigenvalue weighted by atomic mass is 32.2. The number of thioether (sulfide) groups is 1. The molecular formula is C20H22N4OS2. The van der Waals surface area contributed by atoms with Crippen LogP contribution in [0.15, 0.2) is 65.0 Å². The smallest absolute Gasteiger partial charge is 0.230 e. The van der Waals surface area contributed by atoms with Crippen LogP contribution in [0.25, 0.3) is 0 Å². The number of hydrogen-bond donors (Lipinski definition) is 2. The van der Waals surface area contributed by atoms with Crippen LogP contribution in [-0.2, 0) is 11.3 Å². The summed E-state index contributed by atoms with van der Waals surface area (Å²) in [6, 6.07) is 20.3. The van der Waals surface area contributed by atoms with Gasteiger partial charge in [-0.1, -0.05) is 90.7 Å². The van der Waals surface area contributed by atoms with Crippen LogP contribution in [0.5, 0.6) is 0 Å². The maximum atomic E-state index is 12.1. The molecule has 27 heavy (non-hydrogen) atoms. The summed E-state index contributed by atoms with van der Waals surface area (Å²) < 4.78 is 0.789. The van der Waals surface area contributed by atoms with Crippen molar-refractivity contribution in [3.8, 4) is 0 Å². The van der Waals surface area contributed by atoms with Crippen LogP contribution >= 0.6 is 23.1 Å². The largest absolute Gasteiger partial charge is 0.356 e. The Labute approximate surface area is 167 Å². The van der Waals surface area contributed by atoms with Crippen molar-refractivity contribution in [2.45, 2.75) is 23.7 Å². The lowest BCUT2D eigenvalue weighted by Crippen LogP contribution is -2.28. The van der Waals surface area contributed by atoms with E-state index in [2.05, 4.69) is 52.0 Å². The highest BCUT2D eigenvalue weighted by Gasteiger charge is 2.10. The molecule has 0 radical (unpaired) electrons. The van der Waals surface area contributed by atoms with Crippen molar-refractivity contribution >= 4 is 34.1 Å². The minimum absolute atomic E-state index is 0.0109. The maximum absolute atomic E-state index is 12.1. The van der Waals surface area contributed by atoms with E-state index in [0.29, 0.717) is 18.8 Å². The van der Waals surface area contributed by atoms with Gasteiger partial charge in [0.2, 0.25) is 11.0 Å². The van der Waals surface area contributed by atoms with Crippen LogP contribution < -0.4 is 10.6 Å². The molecule has 0 spiro atoms. The molecule has 1 heterocycles. The van der Waals surface area contributed by atoms with E-state index in [0.717, 1.165) is 9.47 Å². The second-order valence-corrected chi connectivity index (χ2v) is 8.32. The predicted molar refractivity (Wildman–Crippen MR) is 112 cm³/mol. The second kappa shape index (κ2) is 10.1.